The second-order valence-electron chi connectivity index (χ2n) is 4.12. The second-order valence-corrected chi connectivity index (χ2v) is 5.37. The molecule has 0 saturated carbocycles. The molecule has 15 heavy (non-hydrogen) atoms. The van der Waals surface area contributed by atoms with Crippen molar-refractivity contribution < 1.29 is 0 Å². The lowest BCUT2D eigenvalue weighted by Crippen LogP contribution is -2.28. The molecule has 0 radical (unpaired) electrons. The molecule has 82 valence electrons. The zero-order chi connectivity index (χ0) is 10.7. The van der Waals surface area contributed by atoms with Gasteiger partial charge in [0.2, 0.25) is 0 Å². The summed E-state index contributed by atoms with van der Waals surface area (Å²) >= 11 is 2.35. The van der Waals surface area contributed by atoms with Crippen LogP contribution in [0.25, 0.3) is 0 Å². The van der Waals surface area contributed by atoms with Gasteiger partial charge in [-0.2, -0.15) is 0 Å². The average molecular weight is 316 g/mol. The van der Waals surface area contributed by atoms with Crippen molar-refractivity contribution in [1.29, 1.82) is 0 Å². The Morgan fingerprint density at radius 3 is 2.47 bits per heavy atom. The van der Waals surface area contributed by atoms with Crippen molar-refractivity contribution in [2.24, 2.45) is 0 Å². The number of hydrogen-bond acceptors (Lipinski definition) is 2. The van der Waals surface area contributed by atoms with E-state index in [1.165, 1.54) is 35.3 Å². The Morgan fingerprint density at radius 2 is 1.73 bits per heavy atom. The Balaban J connectivity index is 2.06. The van der Waals surface area contributed by atoms with Gasteiger partial charge in [-0.05, 0) is 66.9 Å². The van der Waals surface area contributed by atoms with Crippen molar-refractivity contribution in [3.8, 4) is 0 Å². The van der Waals surface area contributed by atoms with Crippen LogP contribution in [-0.4, -0.2) is 38.1 Å². The molecule has 1 aromatic rings. The first-order valence-corrected chi connectivity index (χ1v) is 6.52. The van der Waals surface area contributed by atoms with Gasteiger partial charge < -0.3 is 9.80 Å². The number of nitrogens with zero attached hydrogens (tertiary/aromatic N) is 2. The second kappa shape index (κ2) is 5.16. The molecule has 1 saturated heterocycles. The molecule has 3 heteroatoms. The van der Waals surface area contributed by atoms with Crippen LogP contribution in [0.2, 0.25) is 0 Å². The first-order valence-electron chi connectivity index (χ1n) is 5.45. The molecule has 1 aliphatic rings. The zero-order valence-corrected chi connectivity index (χ0v) is 11.3. The highest BCUT2D eigenvalue weighted by atomic mass is 127. The van der Waals surface area contributed by atoms with Crippen LogP contribution < -0.4 is 4.90 Å². The van der Waals surface area contributed by atoms with Crippen LogP contribution >= 0.6 is 22.6 Å². The minimum Gasteiger partial charge on any atom is -0.370 e. The first kappa shape index (κ1) is 11.2. The summed E-state index contributed by atoms with van der Waals surface area (Å²) in [4.78, 5) is 4.90. The van der Waals surface area contributed by atoms with Gasteiger partial charge in [-0.25, -0.2) is 0 Å². The van der Waals surface area contributed by atoms with Gasteiger partial charge in [0.25, 0.3) is 0 Å². The highest BCUT2D eigenvalue weighted by molar-refractivity contribution is 14.1. The van der Waals surface area contributed by atoms with Crippen molar-refractivity contribution >= 4 is 28.3 Å². The number of likely N-dealkylation sites (N-methyl/N-ethyl adjacent to an activating group) is 1. The molecular weight excluding hydrogens is 299 g/mol. The molecule has 0 amide bonds. The highest BCUT2D eigenvalue weighted by Gasteiger charge is 2.11. The Kier molecular flexibility index (Phi) is 3.86. The molecule has 0 N–H and O–H groups in total. The molecule has 2 rings (SSSR count). The summed E-state index contributed by atoms with van der Waals surface area (Å²) in [5.41, 5.74) is 1.37. The Hall–Kier alpha value is -0.290. The topological polar surface area (TPSA) is 6.48 Å². The molecule has 0 bridgehead atoms. The van der Waals surface area contributed by atoms with E-state index in [1.807, 2.05) is 0 Å². The fourth-order valence-corrected chi connectivity index (χ4v) is 2.32. The maximum Gasteiger partial charge on any atom is 0.0367 e. The van der Waals surface area contributed by atoms with Crippen LogP contribution in [-0.2, 0) is 0 Å². The molecule has 1 heterocycles. The van der Waals surface area contributed by atoms with Gasteiger partial charge in [-0.1, -0.05) is 0 Å². The Labute approximate surface area is 105 Å². The SMILES string of the molecule is CN1CCCN(c2ccc(I)cc2)CC1. The van der Waals surface area contributed by atoms with E-state index in [-0.39, 0.29) is 0 Å². The molecule has 0 aliphatic carbocycles. The van der Waals surface area contributed by atoms with Crippen LogP contribution in [0.1, 0.15) is 6.42 Å². The number of anilines is 1. The van der Waals surface area contributed by atoms with E-state index in [0.717, 1.165) is 6.54 Å². The van der Waals surface area contributed by atoms with Gasteiger partial charge in [-0.3, -0.25) is 0 Å². The van der Waals surface area contributed by atoms with Gasteiger partial charge in [0.15, 0.2) is 0 Å². The first-order chi connectivity index (χ1) is 7.25. The van der Waals surface area contributed by atoms with Crippen molar-refractivity contribution in [2.75, 3.05) is 38.1 Å². The summed E-state index contributed by atoms with van der Waals surface area (Å²) in [6.07, 6.45) is 1.27. The Morgan fingerprint density at radius 1 is 1.00 bits per heavy atom. The van der Waals surface area contributed by atoms with Gasteiger partial charge in [0.05, 0.1) is 0 Å². The summed E-state index contributed by atoms with van der Waals surface area (Å²) in [5, 5.41) is 0. The van der Waals surface area contributed by atoms with Gasteiger partial charge in [-0.15, -0.1) is 0 Å². The van der Waals surface area contributed by atoms with Gasteiger partial charge in [0, 0.05) is 28.9 Å². The lowest BCUT2D eigenvalue weighted by Gasteiger charge is -2.22. The van der Waals surface area contributed by atoms with Gasteiger partial charge in [0.1, 0.15) is 0 Å². The van der Waals surface area contributed by atoms with Crippen molar-refractivity contribution in [3.05, 3.63) is 27.8 Å². The van der Waals surface area contributed by atoms with Crippen molar-refractivity contribution in [1.82, 2.24) is 4.90 Å². The van der Waals surface area contributed by atoms with Crippen LogP contribution in [0.4, 0.5) is 5.69 Å². The largest absolute Gasteiger partial charge is 0.370 e. The smallest absolute Gasteiger partial charge is 0.0367 e. The highest BCUT2D eigenvalue weighted by Crippen LogP contribution is 2.17. The molecule has 0 aromatic heterocycles. The van der Waals surface area contributed by atoms with E-state index >= 15 is 0 Å². The summed E-state index contributed by atoms with van der Waals surface area (Å²) in [6.45, 7) is 4.73. The summed E-state index contributed by atoms with van der Waals surface area (Å²) in [7, 11) is 2.21. The molecule has 0 atom stereocenters. The fraction of sp³-hybridized carbons (Fsp3) is 0.500. The van der Waals surface area contributed by atoms with Crippen LogP contribution in [0, 0.1) is 3.57 Å². The standard InChI is InChI=1S/C12H17IN2/c1-14-7-2-8-15(10-9-14)12-5-3-11(13)4-6-12/h3-6H,2,7-10H2,1H3. The van der Waals surface area contributed by atoms with E-state index in [2.05, 4.69) is 63.7 Å². The molecule has 0 unspecified atom stereocenters. The maximum atomic E-state index is 2.49. The monoisotopic (exact) mass is 316 g/mol. The van der Waals surface area contributed by atoms with Crippen molar-refractivity contribution in [2.45, 2.75) is 6.42 Å². The van der Waals surface area contributed by atoms with E-state index in [1.54, 1.807) is 0 Å². The molecule has 0 spiro atoms. The number of hydrogen-bond donors (Lipinski definition) is 0. The quantitative estimate of drug-likeness (QED) is 0.734. The fourth-order valence-electron chi connectivity index (χ4n) is 1.96. The summed E-state index contributed by atoms with van der Waals surface area (Å²) < 4.78 is 1.31. The maximum absolute atomic E-state index is 2.49. The van der Waals surface area contributed by atoms with E-state index in [9.17, 15) is 0 Å². The molecule has 1 fully saturated rings. The summed E-state index contributed by atoms with van der Waals surface area (Å²) in [6, 6.07) is 8.83. The Bertz CT molecular complexity index is 310. The number of halogens is 1. The predicted octanol–water partition coefficient (Wildman–Crippen LogP) is 2.43. The average Bonchev–Trinajstić information content (AvgIpc) is 2.44. The zero-order valence-electron chi connectivity index (χ0n) is 9.12. The van der Waals surface area contributed by atoms with E-state index in [4.69, 9.17) is 0 Å². The minimum atomic E-state index is 1.15. The lowest BCUT2D eigenvalue weighted by molar-refractivity contribution is 0.360. The third-order valence-corrected chi connectivity index (χ3v) is 3.63. The predicted molar refractivity (Wildman–Crippen MR) is 73.5 cm³/mol. The van der Waals surface area contributed by atoms with E-state index in [0.29, 0.717) is 0 Å². The van der Waals surface area contributed by atoms with Crippen LogP contribution in [0.5, 0.6) is 0 Å². The molecule has 1 aliphatic heterocycles. The van der Waals surface area contributed by atoms with Crippen LogP contribution in [0.3, 0.4) is 0 Å². The normalized spacial score (nSPS) is 18.9. The molecule has 1 aromatic carbocycles. The van der Waals surface area contributed by atoms with E-state index < -0.39 is 0 Å². The third-order valence-electron chi connectivity index (χ3n) is 2.91. The van der Waals surface area contributed by atoms with Crippen molar-refractivity contribution in [3.63, 3.8) is 0 Å². The number of benzene rings is 1. The van der Waals surface area contributed by atoms with Crippen LogP contribution in [0.15, 0.2) is 24.3 Å². The lowest BCUT2D eigenvalue weighted by atomic mass is 10.3. The molecule has 2 nitrogen and oxygen atoms in total. The minimum absolute atomic E-state index is 1.15. The molecular formula is C12H17IN2. The number of rotatable bonds is 1. The third kappa shape index (κ3) is 3.08. The van der Waals surface area contributed by atoms with Gasteiger partial charge >= 0.3 is 0 Å². The summed E-state index contributed by atoms with van der Waals surface area (Å²) in [5.74, 6) is 0.